The van der Waals surface area contributed by atoms with E-state index in [0.717, 1.165) is 23.3 Å². The van der Waals surface area contributed by atoms with Crippen LogP contribution >= 0.6 is 11.6 Å². The molecule has 0 unspecified atom stereocenters. The van der Waals surface area contributed by atoms with Crippen molar-refractivity contribution in [3.63, 3.8) is 0 Å². The second-order valence-electron chi connectivity index (χ2n) is 10.3. The van der Waals surface area contributed by atoms with Crippen molar-refractivity contribution in [2.45, 2.75) is 71.1 Å². The minimum Gasteiger partial charge on any atom is -0.487 e. The van der Waals surface area contributed by atoms with Crippen molar-refractivity contribution >= 4 is 29.4 Å². The molecule has 1 aromatic rings. The number of aryl methyl sites for hydroxylation is 1. The van der Waals surface area contributed by atoms with Crippen molar-refractivity contribution in [1.29, 1.82) is 0 Å². The number of nitrogens with two attached hydrogens (primary N) is 1. The van der Waals surface area contributed by atoms with Gasteiger partial charge in [-0.25, -0.2) is 4.99 Å². The molecule has 1 aliphatic carbocycles. The van der Waals surface area contributed by atoms with Crippen molar-refractivity contribution in [3.8, 4) is 5.75 Å². The molecule has 0 spiro atoms. The van der Waals surface area contributed by atoms with Crippen molar-refractivity contribution in [3.05, 3.63) is 28.3 Å². The number of amides is 2. The van der Waals surface area contributed by atoms with Gasteiger partial charge in [0.15, 0.2) is 5.96 Å². The second-order valence-corrected chi connectivity index (χ2v) is 10.7. The Bertz CT molecular complexity index is 972. The number of ether oxygens (including phenoxy) is 1. The lowest BCUT2D eigenvalue weighted by Gasteiger charge is -2.38. The molecule has 2 amide bonds. The number of guanidine groups is 1. The number of benzene rings is 1. The fourth-order valence-electron chi connectivity index (χ4n) is 4.58. The normalized spacial score (nSPS) is 28.3. The minimum atomic E-state index is -0.471. The Morgan fingerprint density at radius 1 is 1.35 bits per heavy atom. The third kappa shape index (κ3) is 4.52. The Morgan fingerprint density at radius 2 is 2.06 bits per heavy atom. The van der Waals surface area contributed by atoms with E-state index in [-0.39, 0.29) is 35.7 Å². The highest BCUT2D eigenvalue weighted by molar-refractivity contribution is 6.31. The van der Waals surface area contributed by atoms with Crippen LogP contribution in [0, 0.1) is 18.8 Å². The van der Waals surface area contributed by atoms with Crippen molar-refractivity contribution < 1.29 is 14.3 Å². The maximum Gasteiger partial charge on any atom is 0.231 e. The number of nitrogens with one attached hydrogen (secondary N) is 1. The lowest BCUT2D eigenvalue weighted by atomic mass is 9.89. The molecule has 0 aromatic heterocycles. The number of hydrogen-bond donors (Lipinski definition) is 2. The van der Waals surface area contributed by atoms with Gasteiger partial charge in [-0.1, -0.05) is 11.6 Å². The van der Waals surface area contributed by atoms with E-state index in [0.29, 0.717) is 24.4 Å². The van der Waals surface area contributed by atoms with Crippen LogP contribution in [0.1, 0.15) is 64.1 Å². The summed E-state index contributed by atoms with van der Waals surface area (Å²) < 4.78 is 6.12. The Hall–Kier alpha value is -2.28. The summed E-state index contributed by atoms with van der Waals surface area (Å²) in [5.41, 5.74) is 7.01. The van der Waals surface area contributed by atoms with Gasteiger partial charge in [0.05, 0.1) is 18.0 Å². The quantitative estimate of drug-likeness (QED) is 0.741. The average molecular weight is 447 g/mol. The zero-order valence-electron chi connectivity index (χ0n) is 18.8. The summed E-state index contributed by atoms with van der Waals surface area (Å²) >= 11 is 6.34. The van der Waals surface area contributed by atoms with Crippen LogP contribution in [-0.4, -0.2) is 40.4 Å². The van der Waals surface area contributed by atoms with Gasteiger partial charge < -0.3 is 15.8 Å². The summed E-state index contributed by atoms with van der Waals surface area (Å²) in [6.45, 7) is 10.2. The van der Waals surface area contributed by atoms with E-state index in [2.05, 4.69) is 10.3 Å². The summed E-state index contributed by atoms with van der Waals surface area (Å²) in [5.74, 6) is 0.932. The number of fused-ring (bicyclic) bond motifs is 1. The molecule has 3 aliphatic rings. The summed E-state index contributed by atoms with van der Waals surface area (Å²) in [5, 5.41) is 3.86. The Kier molecular flexibility index (Phi) is 5.23. The van der Waals surface area contributed by atoms with Crippen LogP contribution in [-0.2, 0) is 9.59 Å². The van der Waals surface area contributed by atoms with E-state index in [4.69, 9.17) is 22.1 Å². The number of carbonyl (C=O) groups is 2. The van der Waals surface area contributed by atoms with Gasteiger partial charge in [0.25, 0.3) is 0 Å². The predicted octanol–water partition coefficient (Wildman–Crippen LogP) is 3.33. The molecule has 3 N–H and O–H groups in total. The molecule has 1 fully saturated rings. The van der Waals surface area contributed by atoms with E-state index in [1.807, 2.05) is 46.8 Å². The molecule has 1 aromatic carbocycles. The Labute approximate surface area is 188 Å². The SMILES string of the molecule is Cc1cc2c(cc1Cl)[C@@H](NC(=O)[C@@H]1C[C@H]1CN1C(=O)CC(C)(C)N=C1N)CC(C)(C)O2. The summed E-state index contributed by atoms with van der Waals surface area (Å²) in [4.78, 5) is 31.4. The maximum atomic E-state index is 13.0. The smallest absolute Gasteiger partial charge is 0.231 e. The van der Waals surface area contributed by atoms with E-state index in [1.165, 1.54) is 4.90 Å². The van der Waals surface area contributed by atoms with Gasteiger partial charge in [-0.05, 0) is 64.7 Å². The minimum absolute atomic E-state index is 0.00403. The van der Waals surface area contributed by atoms with Gasteiger partial charge in [-0.3, -0.25) is 14.5 Å². The molecule has 2 heterocycles. The monoisotopic (exact) mass is 446 g/mol. The van der Waals surface area contributed by atoms with Gasteiger partial charge in [-0.2, -0.15) is 0 Å². The first-order valence-electron chi connectivity index (χ1n) is 10.8. The molecule has 3 atom stereocenters. The van der Waals surface area contributed by atoms with E-state index in [1.54, 1.807) is 0 Å². The third-order valence-electron chi connectivity index (χ3n) is 6.32. The first-order valence-corrected chi connectivity index (χ1v) is 11.2. The molecule has 0 bridgehead atoms. The van der Waals surface area contributed by atoms with Crippen LogP contribution in [0.3, 0.4) is 0 Å². The van der Waals surface area contributed by atoms with E-state index >= 15 is 0 Å². The van der Waals surface area contributed by atoms with Crippen LogP contribution in [0.2, 0.25) is 5.02 Å². The van der Waals surface area contributed by atoms with Gasteiger partial charge in [-0.15, -0.1) is 0 Å². The largest absolute Gasteiger partial charge is 0.487 e. The van der Waals surface area contributed by atoms with Crippen molar-refractivity contribution in [2.24, 2.45) is 22.6 Å². The Balaban J connectivity index is 1.43. The first kappa shape index (κ1) is 21.9. The summed E-state index contributed by atoms with van der Waals surface area (Å²) in [6.07, 6.45) is 1.72. The molecular weight excluding hydrogens is 416 g/mol. The first-order chi connectivity index (χ1) is 14.3. The fourth-order valence-corrected chi connectivity index (χ4v) is 4.76. The average Bonchev–Trinajstić information content (AvgIpc) is 3.38. The molecule has 0 saturated heterocycles. The number of carbonyl (C=O) groups excluding carboxylic acids is 2. The van der Waals surface area contributed by atoms with E-state index < -0.39 is 11.1 Å². The van der Waals surface area contributed by atoms with Gasteiger partial charge in [0.1, 0.15) is 11.4 Å². The molecule has 0 radical (unpaired) electrons. The highest BCUT2D eigenvalue weighted by atomic mass is 35.5. The second kappa shape index (κ2) is 7.40. The lowest BCUT2D eigenvalue weighted by molar-refractivity contribution is -0.130. The topological polar surface area (TPSA) is 97.0 Å². The van der Waals surface area contributed by atoms with Crippen molar-refractivity contribution in [1.82, 2.24) is 10.2 Å². The number of rotatable bonds is 4. The van der Waals surface area contributed by atoms with Crippen LogP contribution in [0.4, 0.5) is 0 Å². The standard InChI is InChI=1S/C23H31ClN4O3/c1-12-6-18-15(8-16(12)24)17(9-23(4,5)31-18)26-20(30)14-7-13(14)11-28-19(29)10-22(2,3)27-21(28)25/h6,8,13-14,17H,7,9-11H2,1-5H3,(H2,25,27)(H,26,30)/t13-,14+,17-/m0/s1. The van der Waals surface area contributed by atoms with Gasteiger partial charge in [0.2, 0.25) is 11.8 Å². The highest BCUT2D eigenvalue weighted by Gasteiger charge is 2.47. The van der Waals surface area contributed by atoms with Gasteiger partial charge in [0, 0.05) is 29.5 Å². The number of hydrogen-bond acceptors (Lipinski definition) is 5. The predicted molar refractivity (Wildman–Crippen MR) is 120 cm³/mol. The molecule has 1 saturated carbocycles. The van der Waals surface area contributed by atoms with E-state index in [9.17, 15) is 9.59 Å². The fraction of sp³-hybridized carbons (Fsp3) is 0.609. The maximum absolute atomic E-state index is 13.0. The number of nitrogens with zero attached hydrogens (tertiary/aromatic N) is 2. The molecule has 31 heavy (non-hydrogen) atoms. The molecular formula is C23H31ClN4O3. The molecule has 8 heteroatoms. The zero-order valence-corrected chi connectivity index (χ0v) is 19.5. The molecule has 7 nitrogen and oxygen atoms in total. The molecule has 2 aliphatic heterocycles. The number of aliphatic imine (C=N–C) groups is 1. The van der Waals surface area contributed by atoms with Crippen LogP contribution in [0.15, 0.2) is 17.1 Å². The molecule has 4 rings (SSSR count). The Morgan fingerprint density at radius 3 is 2.74 bits per heavy atom. The van der Waals surface area contributed by atoms with Crippen LogP contribution in [0.25, 0.3) is 0 Å². The summed E-state index contributed by atoms with van der Waals surface area (Å²) in [7, 11) is 0. The highest BCUT2D eigenvalue weighted by Crippen LogP contribution is 2.44. The lowest BCUT2D eigenvalue weighted by Crippen LogP contribution is -2.50. The number of halogens is 1. The molecule has 168 valence electrons. The van der Waals surface area contributed by atoms with Crippen LogP contribution in [0.5, 0.6) is 5.75 Å². The third-order valence-corrected chi connectivity index (χ3v) is 6.73. The summed E-state index contributed by atoms with van der Waals surface area (Å²) in [6, 6.07) is 3.65. The van der Waals surface area contributed by atoms with Gasteiger partial charge >= 0.3 is 0 Å². The van der Waals surface area contributed by atoms with Crippen molar-refractivity contribution in [2.75, 3.05) is 6.54 Å². The van der Waals surface area contributed by atoms with Crippen LogP contribution < -0.4 is 15.8 Å². The zero-order chi connectivity index (χ0) is 22.7.